The van der Waals surface area contributed by atoms with Gasteiger partial charge in [0.15, 0.2) is 5.43 Å². The second kappa shape index (κ2) is 6.22. The number of likely N-dealkylation sites (tertiary alicyclic amines) is 1. The molecule has 1 saturated heterocycles. The first kappa shape index (κ1) is 14.8. The number of aromatic carboxylic acids is 1. The highest BCUT2D eigenvalue weighted by Gasteiger charge is 2.19. The molecule has 110 valence electrons. The molecule has 5 heteroatoms. The van der Waals surface area contributed by atoms with Crippen LogP contribution in [-0.2, 0) is 6.54 Å². The number of rotatable bonds is 4. The lowest BCUT2D eigenvalue weighted by Crippen LogP contribution is -2.37. The number of hydrogen-bond acceptors (Lipinski definition) is 3. The lowest BCUT2D eigenvalue weighted by atomic mass is 10.00. The zero-order valence-electron chi connectivity index (χ0n) is 12.1. The molecule has 1 N–H and O–H groups in total. The Morgan fingerprint density at radius 2 is 2.20 bits per heavy atom. The maximum absolute atomic E-state index is 11.6. The predicted octanol–water partition coefficient (Wildman–Crippen LogP) is 1.73. The lowest BCUT2D eigenvalue weighted by molar-refractivity contribution is 0.0694. The Morgan fingerprint density at radius 3 is 2.85 bits per heavy atom. The van der Waals surface area contributed by atoms with E-state index in [0.29, 0.717) is 6.04 Å². The van der Waals surface area contributed by atoms with Crippen LogP contribution in [0, 0.1) is 6.92 Å². The van der Waals surface area contributed by atoms with Gasteiger partial charge >= 0.3 is 5.97 Å². The molecule has 1 aromatic heterocycles. The SMILES string of the molecule is Cc1cc(=O)c(C(=O)O)cn1CCC1CCCCN1C. The average molecular weight is 278 g/mol. The van der Waals surface area contributed by atoms with Crippen LogP contribution in [0.2, 0.25) is 0 Å². The van der Waals surface area contributed by atoms with Crippen LogP contribution >= 0.6 is 0 Å². The summed E-state index contributed by atoms with van der Waals surface area (Å²) in [6.45, 7) is 3.73. The van der Waals surface area contributed by atoms with Crippen molar-refractivity contribution in [3.63, 3.8) is 0 Å². The van der Waals surface area contributed by atoms with Gasteiger partial charge in [-0.3, -0.25) is 4.79 Å². The van der Waals surface area contributed by atoms with E-state index >= 15 is 0 Å². The molecule has 0 spiro atoms. The molecule has 0 saturated carbocycles. The number of aryl methyl sites for hydroxylation is 2. The van der Waals surface area contributed by atoms with Crippen molar-refractivity contribution in [2.75, 3.05) is 13.6 Å². The number of nitrogens with zero attached hydrogens (tertiary/aromatic N) is 2. The van der Waals surface area contributed by atoms with Gasteiger partial charge in [-0.25, -0.2) is 4.79 Å². The monoisotopic (exact) mass is 278 g/mol. The number of piperidine rings is 1. The van der Waals surface area contributed by atoms with E-state index in [1.807, 2.05) is 11.5 Å². The van der Waals surface area contributed by atoms with E-state index in [-0.39, 0.29) is 5.56 Å². The van der Waals surface area contributed by atoms with Crippen LogP contribution in [0.15, 0.2) is 17.1 Å². The number of carboxylic acids is 1. The van der Waals surface area contributed by atoms with E-state index in [0.717, 1.165) is 25.2 Å². The molecule has 1 aliphatic rings. The van der Waals surface area contributed by atoms with Crippen LogP contribution in [0.3, 0.4) is 0 Å². The summed E-state index contributed by atoms with van der Waals surface area (Å²) in [5, 5.41) is 9.02. The fourth-order valence-corrected chi connectivity index (χ4v) is 2.87. The molecule has 0 amide bonds. The Balaban J connectivity index is 2.11. The van der Waals surface area contributed by atoms with Gasteiger partial charge < -0.3 is 14.6 Å². The first-order valence-corrected chi connectivity index (χ1v) is 7.13. The van der Waals surface area contributed by atoms with Gasteiger partial charge in [0.05, 0.1) is 0 Å². The summed E-state index contributed by atoms with van der Waals surface area (Å²) in [6, 6.07) is 1.96. The largest absolute Gasteiger partial charge is 0.477 e. The summed E-state index contributed by atoms with van der Waals surface area (Å²) < 4.78 is 1.88. The van der Waals surface area contributed by atoms with Crippen LogP contribution in [-0.4, -0.2) is 40.2 Å². The van der Waals surface area contributed by atoms with Gasteiger partial charge in [-0.2, -0.15) is 0 Å². The first-order valence-electron chi connectivity index (χ1n) is 7.13. The van der Waals surface area contributed by atoms with Crippen LogP contribution in [0.5, 0.6) is 0 Å². The third kappa shape index (κ3) is 3.28. The van der Waals surface area contributed by atoms with E-state index in [1.54, 1.807) is 0 Å². The molecule has 1 aromatic rings. The lowest BCUT2D eigenvalue weighted by Gasteiger charge is -2.32. The average Bonchev–Trinajstić information content (AvgIpc) is 2.39. The summed E-state index contributed by atoms with van der Waals surface area (Å²) in [6.07, 6.45) is 6.18. The fraction of sp³-hybridized carbons (Fsp3) is 0.600. The van der Waals surface area contributed by atoms with Crippen molar-refractivity contribution in [2.45, 2.75) is 45.2 Å². The molecule has 0 aromatic carbocycles. The zero-order valence-corrected chi connectivity index (χ0v) is 12.1. The van der Waals surface area contributed by atoms with Gasteiger partial charge in [-0.05, 0) is 39.8 Å². The van der Waals surface area contributed by atoms with Crippen molar-refractivity contribution >= 4 is 5.97 Å². The molecular weight excluding hydrogens is 256 g/mol. The molecule has 2 heterocycles. The number of carboxylic acid groups (broad SMARTS) is 1. The standard InChI is InChI=1S/C15H22N2O3/c1-11-9-14(18)13(15(19)20)10-17(11)8-6-12-5-3-4-7-16(12)2/h9-10,12H,3-8H2,1-2H3,(H,19,20). The highest BCUT2D eigenvalue weighted by molar-refractivity contribution is 5.87. The summed E-state index contributed by atoms with van der Waals surface area (Å²) in [5.41, 5.74) is 0.257. The molecule has 0 bridgehead atoms. The van der Waals surface area contributed by atoms with Gasteiger partial charge in [0.1, 0.15) is 5.56 Å². The van der Waals surface area contributed by atoms with Crippen LogP contribution in [0.4, 0.5) is 0 Å². The van der Waals surface area contributed by atoms with Gasteiger partial charge in [0.25, 0.3) is 0 Å². The predicted molar refractivity (Wildman–Crippen MR) is 77.3 cm³/mol. The van der Waals surface area contributed by atoms with Gasteiger partial charge in [-0.15, -0.1) is 0 Å². The second-order valence-corrected chi connectivity index (χ2v) is 5.61. The fourth-order valence-electron chi connectivity index (χ4n) is 2.87. The highest BCUT2D eigenvalue weighted by Crippen LogP contribution is 2.18. The minimum atomic E-state index is -1.15. The summed E-state index contributed by atoms with van der Waals surface area (Å²) >= 11 is 0. The minimum Gasteiger partial charge on any atom is -0.477 e. The smallest absolute Gasteiger partial charge is 0.341 e. The van der Waals surface area contributed by atoms with E-state index in [4.69, 9.17) is 5.11 Å². The molecule has 1 atom stereocenters. The summed E-state index contributed by atoms with van der Waals surface area (Å²) in [7, 11) is 2.14. The van der Waals surface area contributed by atoms with Crippen molar-refractivity contribution in [1.82, 2.24) is 9.47 Å². The normalized spacial score (nSPS) is 20.0. The first-order chi connectivity index (χ1) is 9.49. The van der Waals surface area contributed by atoms with Gasteiger partial charge in [0, 0.05) is 30.5 Å². The number of hydrogen-bond donors (Lipinski definition) is 1. The maximum atomic E-state index is 11.6. The molecule has 1 fully saturated rings. The van der Waals surface area contributed by atoms with Crippen molar-refractivity contribution in [3.05, 3.63) is 33.7 Å². The van der Waals surface area contributed by atoms with Crippen LogP contribution in [0.1, 0.15) is 41.7 Å². The number of pyridine rings is 1. The third-order valence-electron chi connectivity index (χ3n) is 4.20. The maximum Gasteiger partial charge on any atom is 0.341 e. The summed E-state index contributed by atoms with van der Waals surface area (Å²) in [4.78, 5) is 25.0. The van der Waals surface area contributed by atoms with E-state index in [1.165, 1.54) is 31.5 Å². The Kier molecular flexibility index (Phi) is 4.60. The number of aromatic nitrogens is 1. The Bertz CT molecular complexity index is 551. The Hall–Kier alpha value is -1.62. The van der Waals surface area contributed by atoms with Gasteiger partial charge in [-0.1, -0.05) is 6.42 Å². The Morgan fingerprint density at radius 1 is 1.45 bits per heavy atom. The topological polar surface area (TPSA) is 62.5 Å². The molecule has 1 aliphatic heterocycles. The van der Waals surface area contributed by atoms with E-state index in [9.17, 15) is 9.59 Å². The van der Waals surface area contributed by atoms with E-state index in [2.05, 4.69) is 11.9 Å². The van der Waals surface area contributed by atoms with Gasteiger partial charge in [0.2, 0.25) is 0 Å². The van der Waals surface area contributed by atoms with Crippen LogP contribution in [0.25, 0.3) is 0 Å². The van der Waals surface area contributed by atoms with Crippen molar-refractivity contribution in [1.29, 1.82) is 0 Å². The molecule has 5 nitrogen and oxygen atoms in total. The molecule has 20 heavy (non-hydrogen) atoms. The molecule has 2 rings (SSSR count). The van der Waals surface area contributed by atoms with Crippen molar-refractivity contribution < 1.29 is 9.90 Å². The zero-order chi connectivity index (χ0) is 14.7. The van der Waals surface area contributed by atoms with Crippen LogP contribution < -0.4 is 5.43 Å². The Labute approximate surface area is 118 Å². The van der Waals surface area contributed by atoms with E-state index < -0.39 is 11.4 Å². The molecule has 0 radical (unpaired) electrons. The highest BCUT2D eigenvalue weighted by atomic mass is 16.4. The third-order valence-corrected chi connectivity index (χ3v) is 4.20. The van der Waals surface area contributed by atoms with Crippen molar-refractivity contribution in [2.24, 2.45) is 0 Å². The number of carbonyl (C=O) groups is 1. The second-order valence-electron chi connectivity index (χ2n) is 5.61. The molecular formula is C15H22N2O3. The summed E-state index contributed by atoms with van der Waals surface area (Å²) in [5.74, 6) is -1.15. The minimum absolute atomic E-state index is 0.146. The molecule has 0 aliphatic carbocycles. The van der Waals surface area contributed by atoms with Crippen molar-refractivity contribution in [3.8, 4) is 0 Å². The molecule has 1 unspecified atom stereocenters. The quantitative estimate of drug-likeness (QED) is 0.911.